The van der Waals surface area contributed by atoms with Crippen molar-refractivity contribution in [2.45, 2.75) is 43.3 Å². The van der Waals surface area contributed by atoms with Crippen molar-refractivity contribution < 1.29 is 57.4 Å². The number of rotatable bonds is 5. The maximum absolute atomic E-state index is 12.7. The minimum absolute atomic E-state index is 2.01. The summed E-state index contributed by atoms with van der Waals surface area (Å²) < 4.78 is 146. The van der Waals surface area contributed by atoms with E-state index in [9.17, 15) is 52.7 Å². The van der Waals surface area contributed by atoms with Gasteiger partial charge in [-0.1, -0.05) is 0 Å². The van der Waals surface area contributed by atoms with Gasteiger partial charge in [0, 0.05) is 0 Å². The zero-order chi connectivity index (χ0) is 16.6. The third-order valence-electron chi connectivity index (χ3n) is 1.73. The highest BCUT2D eigenvalue weighted by Gasteiger charge is 2.69. The van der Waals surface area contributed by atoms with Crippen LogP contribution in [0.25, 0.3) is 0 Å². The molecule has 0 saturated heterocycles. The fraction of sp³-hybridized carbons (Fsp3) is 1.00. The number of halogens is 12. The van der Waals surface area contributed by atoms with Crippen LogP contribution in [0.2, 0.25) is 0 Å². The molecule has 0 bridgehead atoms. The number of ether oxygens (including phenoxy) is 1. The maximum Gasteiger partial charge on any atom is 0.454 e. The average molecular weight is 332 g/mol. The Morgan fingerprint density at radius 3 is 1.40 bits per heavy atom. The molecule has 1 nitrogen and oxygen atoms in total. The van der Waals surface area contributed by atoms with Gasteiger partial charge in [-0.3, -0.25) is 4.74 Å². The van der Waals surface area contributed by atoms with Crippen molar-refractivity contribution in [1.29, 1.82) is 0 Å². The van der Waals surface area contributed by atoms with Gasteiger partial charge in [0.25, 0.3) is 0 Å². The average Bonchev–Trinajstić information content (AvgIpc) is 2.11. The Morgan fingerprint density at radius 1 is 0.750 bits per heavy atom. The molecule has 0 aromatic rings. The quantitative estimate of drug-likeness (QED) is 0.679. The predicted octanol–water partition coefficient (Wildman–Crippen LogP) is 4.38. The van der Waals surface area contributed by atoms with Crippen molar-refractivity contribution in [3.63, 3.8) is 0 Å². The Morgan fingerprint density at radius 2 is 1.15 bits per heavy atom. The molecule has 2 atom stereocenters. The van der Waals surface area contributed by atoms with Gasteiger partial charge in [0.1, 0.15) is 0 Å². The number of alkyl halides is 12. The Balaban J connectivity index is 5.23. The molecule has 20 heavy (non-hydrogen) atoms. The topological polar surface area (TPSA) is 9.23 Å². The van der Waals surface area contributed by atoms with E-state index in [-0.39, 0.29) is 0 Å². The predicted molar refractivity (Wildman–Crippen MR) is 37.5 cm³/mol. The molecule has 0 rings (SSSR count). The van der Waals surface area contributed by atoms with Crippen LogP contribution < -0.4 is 0 Å². The highest BCUT2D eigenvalue weighted by molar-refractivity contribution is 4.84. The molecule has 0 aliphatic heterocycles. The van der Waals surface area contributed by atoms with Gasteiger partial charge in [-0.2, -0.15) is 39.5 Å². The van der Waals surface area contributed by atoms with Crippen molar-refractivity contribution in [2.75, 3.05) is 0 Å². The second-order valence-corrected chi connectivity index (χ2v) is 3.39. The van der Waals surface area contributed by atoms with Gasteiger partial charge in [-0.05, 0) is 0 Å². The van der Waals surface area contributed by atoms with Crippen molar-refractivity contribution in [2.24, 2.45) is 0 Å². The third kappa shape index (κ3) is 4.59. The standard InChI is InChI=1S/C7H4F12O/c8-2(1-4(11,12)13)6(15,16)20-5(14,3(9)10)7(17,18)19/h2-3H,1H2. The first-order valence-corrected chi connectivity index (χ1v) is 4.35. The lowest BCUT2D eigenvalue weighted by molar-refractivity contribution is -0.447. The van der Waals surface area contributed by atoms with E-state index in [1.807, 2.05) is 4.74 Å². The van der Waals surface area contributed by atoms with E-state index in [1.54, 1.807) is 0 Å². The summed E-state index contributed by atoms with van der Waals surface area (Å²) in [4.78, 5) is 0. The molecule has 2 unspecified atom stereocenters. The van der Waals surface area contributed by atoms with Crippen LogP contribution >= 0.6 is 0 Å². The molecule has 0 aliphatic rings. The first kappa shape index (κ1) is 19.1. The minimum atomic E-state index is -6.72. The van der Waals surface area contributed by atoms with E-state index >= 15 is 0 Å². The van der Waals surface area contributed by atoms with Crippen LogP contribution in [-0.2, 0) is 4.74 Å². The van der Waals surface area contributed by atoms with Crippen LogP contribution in [0, 0.1) is 0 Å². The molecule has 0 fully saturated rings. The number of hydrogen-bond donors (Lipinski definition) is 0. The second-order valence-electron chi connectivity index (χ2n) is 3.39. The molecule has 0 aliphatic carbocycles. The first-order chi connectivity index (χ1) is 8.53. The van der Waals surface area contributed by atoms with Crippen LogP contribution in [0.4, 0.5) is 52.7 Å². The molecule has 122 valence electrons. The fourth-order valence-electron chi connectivity index (χ4n) is 0.810. The van der Waals surface area contributed by atoms with Gasteiger partial charge in [-0.25, -0.2) is 13.2 Å². The van der Waals surface area contributed by atoms with Crippen LogP contribution in [0.15, 0.2) is 0 Å². The first-order valence-electron chi connectivity index (χ1n) is 4.35. The largest absolute Gasteiger partial charge is 0.454 e. The van der Waals surface area contributed by atoms with Crippen LogP contribution in [0.5, 0.6) is 0 Å². The molecule has 0 saturated carbocycles. The van der Waals surface area contributed by atoms with Gasteiger partial charge < -0.3 is 0 Å². The van der Waals surface area contributed by atoms with E-state index in [2.05, 4.69) is 0 Å². The summed E-state index contributed by atoms with van der Waals surface area (Å²) in [5.41, 5.74) is 0. The van der Waals surface area contributed by atoms with Gasteiger partial charge in [0.05, 0.1) is 6.42 Å². The molecule has 0 amide bonds. The SMILES string of the molecule is FC(CC(F)(F)F)C(F)(F)OC(F)(C(F)F)C(F)(F)F. The van der Waals surface area contributed by atoms with E-state index in [1.165, 1.54) is 0 Å². The minimum Gasteiger partial charge on any atom is -0.268 e. The zero-order valence-electron chi connectivity index (χ0n) is 8.81. The van der Waals surface area contributed by atoms with Gasteiger partial charge in [-0.15, -0.1) is 0 Å². The zero-order valence-corrected chi connectivity index (χ0v) is 8.81. The number of hydrogen-bond acceptors (Lipinski definition) is 1. The Bertz CT molecular complexity index is 319. The lowest BCUT2D eigenvalue weighted by Gasteiger charge is -2.32. The molecular weight excluding hydrogens is 328 g/mol. The smallest absolute Gasteiger partial charge is 0.268 e. The summed E-state index contributed by atoms with van der Waals surface area (Å²) in [7, 11) is 0. The molecule has 0 heterocycles. The monoisotopic (exact) mass is 332 g/mol. The van der Waals surface area contributed by atoms with Crippen molar-refractivity contribution in [3.05, 3.63) is 0 Å². The summed E-state index contributed by atoms with van der Waals surface area (Å²) in [6.07, 6.45) is -31.1. The summed E-state index contributed by atoms with van der Waals surface area (Å²) in [6.45, 7) is 0. The Labute approximate surface area is 102 Å². The van der Waals surface area contributed by atoms with Gasteiger partial charge >= 0.3 is 30.7 Å². The third-order valence-corrected chi connectivity index (χ3v) is 1.73. The molecule has 0 aromatic heterocycles. The maximum atomic E-state index is 12.7. The van der Waals surface area contributed by atoms with Crippen molar-refractivity contribution in [3.8, 4) is 0 Å². The lowest BCUT2D eigenvalue weighted by Crippen LogP contribution is -2.55. The van der Waals surface area contributed by atoms with Gasteiger partial charge in [0.15, 0.2) is 6.17 Å². The summed E-state index contributed by atoms with van der Waals surface area (Å²) in [5.74, 6) is -6.31. The van der Waals surface area contributed by atoms with Crippen LogP contribution in [0.1, 0.15) is 6.42 Å². The van der Waals surface area contributed by atoms with Crippen LogP contribution in [-0.4, -0.2) is 36.9 Å². The van der Waals surface area contributed by atoms with Crippen LogP contribution in [0.3, 0.4) is 0 Å². The van der Waals surface area contributed by atoms with E-state index in [0.717, 1.165) is 0 Å². The molecule has 0 spiro atoms. The summed E-state index contributed by atoms with van der Waals surface area (Å²) in [5, 5.41) is 0. The second kappa shape index (κ2) is 5.48. The lowest BCUT2D eigenvalue weighted by atomic mass is 10.2. The van der Waals surface area contributed by atoms with Gasteiger partial charge in [0.2, 0.25) is 0 Å². The molecular formula is C7H4F12O. The highest BCUT2D eigenvalue weighted by atomic mass is 19.4. The van der Waals surface area contributed by atoms with E-state index in [4.69, 9.17) is 0 Å². The summed E-state index contributed by atoms with van der Waals surface area (Å²) in [6, 6.07) is 0. The Hall–Kier alpha value is -0.880. The van der Waals surface area contributed by atoms with Crippen molar-refractivity contribution in [1.82, 2.24) is 0 Å². The highest BCUT2D eigenvalue weighted by Crippen LogP contribution is 2.45. The van der Waals surface area contributed by atoms with E-state index in [0.29, 0.717) is 0 Å². The normalized spacial score (nSPS) is 19.1. The Kier molecular flexibility index (Phi) is 5.24. The molecule has 0 N–H and O–H groups in total. The van der Waals surface area contributed by atoms with Crippen molar-refractivity contribution >= 4 is 0 Å². The fourth-order valence-corrected chi connectivity index (χ4v) is 0.810. The molecule has 0 radical (unpaired) electrons. The molecule has 0 aromatic carbocycles. The van der Waals surface area contributed by atoms with E-state index < -0.39 is 43.3 Å². The molecule has 13 heteroatoms. The summed E-state index contributed by atoms with van der Waals surface area (Å²) >= 11 is 0.